The molecule has 2 aromatic rings. The molecule has 3 rings (SSSR count). The number of carbonyl (C=O) groups is 1. The zero-order valence-electron chi connectivity index (χ0n) is 12.9. The number of thiophene rings is 1. The second kappa shape index (κ2) is 6.85. The van der Waals surface area contributed by atoms with Gasteiger partial charge < -0.3 is 0 Å². The number of hydrogen-bond acceptors (Lipinski definition) is 5. The van der Waals surface area contributed by atoms with Gasteiger partial charge >= 0.3 is 0 Å². The number of carbonyl (C=O) groups excluding carboxylic acids is 1. The second-order valence-electron chi connectivity index (χ2n) is 5.63. The van der Waals surface area contributed by atoms with Crippen LogP contribution in [0.15, 0.2) is 46.7 Å². The standard InChI is InChI=1S/C17H16N2O3S2/c18-12-14-4-1-2-6-16(14)24(21,22)19-9-7-13(8-10-19)17(20)15-5-3-11-23-15/h1-6,11,13H,7-10H2. The van der Waals surface area contributed by atoms with E-state index < -0.39 is 10.0 Å². The first-order valence-electron chi connectivity index (χ1n) is 7.61. The Morgan fingerprint density at radius 3 is 2.50 bits per heavy atom. The fourth-order valence-electron chi connectivity index (χ4n) is 2.90. The van der Waals surface area contributed by atoms with Gasteiger partial charge in [0.15, 0.2) is 5.78 Å². The Labute approximate surface area is 145 Å². The third-order valence-electron chi connectivity index (χ3n) is 4.21. The monoisotopic (exact) mass is 360 g/mol. The molecule has 1 aliphatic heterocycles. The summed E-state index contributed by atoms with van der Waals surface area (Å²) in [6.07, 6.45) is 1.01. The SMILES string of the molecule is N#Cc1ccccc1S(=O)(=O)N1CCC(C(=O)c2cccs2)CC1. The Bertz CT molecular complexity index is 875. The van der Waals surface area contributed by atoms with E-state index in [1.165, 1.54) is 27.8 Å². The van der Waals surface area contributed by atoms with E-state index in [2.05, 4.69) is 0 Å². The zero-order chi connectivity index (χ0) is 17.2. The highest BCUT2D eigenvalue weighted by atomic mass is 32.2. The molecular weight excluding hydrogens is 344 g/mol. The Balaban J connectivity index is 1.75. The fraction of sp³-hybridized carbons (Fsp3) is 0.294. The molecule has 1 aliphatic rings. The normalized spacial score (nSPS) is 16.6. The molecule has 0 atom stereocenters. The summed E-state index contributed by atoms with van der Waals surface area (Å²) in [5.74, 6) is -0.0409. The van der Waals surface area contributed by atoms with E-state index in [1.54, 1.807) is 18.2 Å². The molecule has 0 unspecified atom stereocenters. The number of piperidine rings is 1. The number of benzene rings is 1. The maximum atomic E-state index is 12.8. The van der Waals surface area contributed by atoms with Crippen LogP contribution in [0.2, 0.25) is 0 Å². The first-order valence-corrected chi connectivity index (χ1v) is 9.93. The van der Waals surface area contributed by atoms with Gasteiger partial charge in [0, 0.05) is 19.0 Å². The highest BCUT2D eigenvalue weighted by Crippen LogP contribution is 2.28. The summed E-state index contributed by atoms with van der Waals surface area (Å²) >= 11 is 1.42. The van der Waals surface area contributed by atoms with Crippen molar-refractivity contribution in [1.29, 1.82) is 5.26 Å². The topological polar surface area (TPSA) is 78.2 Å². The molecule has 0 amide bonds. The Morgan fingerprint density at radius 1 is 1.17 bits per heavy atom. The highest BCUT2D eigenvalue weighted by molar-refractivity contribution is 7.89. The summed E-state index contributed by atoms with van der Waals surface area (Å²) in [7, 11) is -3.71. The van der Waals surface area contributed by atoms with Crippen LogP contribution in [0.25, 0.3) is 0 Å². The molecule has 7 heteroatoms. The van der Waals surface area contributed by atoms with Crippen molar-refractivity contribution in [2.45, 2.75) is 17.7 Å². The predicted octanol–water partition coefficient (Wildman–Crippen LogP) is 2.90. The molecular formula is C17H16N2O3S2. The molecule has 0 saturated carbocycles. The Morgan fingerprint density at radius 2 is 1.88 bits per heavy atom. The van der Waals surface area contributed by atoms with Crippen LogP contribution in [-0.2, 0) is 10.0 Å². The van der Waals surface area contributed by atoms with Gasteiger partial charge in [0.25, 0.3) is 0 Å². The molecule has 24 heavy (non-hydrogen) atoms. The van der Waals surface area contributed by atoms with Crippen LogP contribution in [0.4, 0.5) is 0 Å². The predicted molar refractivity (Wildman–Crippen MR) is 91.3 cm³/mol. The lowest BCUT2D eigenvalue weighted by Gasteiger charge is -2.30. The van der Waals surface area contributed by atoms with Crippen LogP contribution in [0.5, 0.6) is 0 Å². The Kier molecular flexibility index (Phi) is 4.81. The van der Waals surface area contributed by atoms with Crippen molar-refractivity contribution in [3.05, 3.63) is 52.2 Å². The average molecular weight is 360 g/mol. The maximum Gasteiger partial charge on any atom is 0.244 e. The van der Waals surface area contributed by atoms with Crippen LogP contribution >= 0.6 is 11.3 Å². The first kappa shape index (κ1) is 16.8. The molecule has 0 bridgehead atoms. The van der Waals surface area contributed by atoms with Gasteiger partial charge in [-0.05, 0) is 36.4 Å². The molecule has 1 aromatic heterocycles. The van der Waals surface area contributed by atoms with Crippen molar-refractivity contribution in [2.75, 3.05) is 13.1 Å². The minimum absolute atomic E-state index is 0.0375. The van der Waals surface area contributed by atoms with Gasteiger partial charge in [0.05, 0.1) is 15.3 Å². The van der Waals surface area contributed by atoms with Gasteiger partial charge in [-0.3, -0.25) is 4.79 Å². The Hall–Kier alpha value is -2.01. The smallest absolute Gasteiger partial charge is 0.244 e. The van der Waals surface area contributed by atoms with Crippen molar-refractivity contribution in [2.24, 2.45) is 5.92 Å². The van der Waals surface area contributed by atoms with E-state index in [-0.39, 0.29) is 22.2 Å². The van der Waals surface area contributed by atoms with E-state index >= 15 is 0 Å². The van der Waals surface area contributed by atoms with Crippen LogP contribution in [-0.4, -0.2) is 31.6 Å². The second-order valence-corrected chi connectivity index (χ2v) is 8.48. The summed E-state index contributed by atoms with van der Waals surface area (Å²) in [4.78, 5) is 13.2. The molecule has 5 nitrogen and oxygen atoms in total. The van der Waals surface area contributed by atoms with Gasteiger partial charge in [-0.1, -0.05) is 18.2 Å². The summed E-state index contributed by atoms with van der Waals surface area (Å²) in [5, 5.41) is 11.0. The fourth-order valence-corrected chi connectivity index (χ4v) is 5.26. The van der Waals surface area contributed by atoms with Gasteiger partial charge in [0.1, 0.15) is 6.07 Å². The minimum atomic E-state index is -3.71. The molecule has 0 aliphatic carbocycles. The third-order valence-corrected chi connectivity index (χ3v) is 7.06. The van der Waals surface area contributed by atoms with Crippen molar-refractivity contribution in [3.8, 4) is 6.07 Å². The summed E-state index contributed by atoms with van der Waals surface area (Å²) in [6.45, 7) is 0.591. The van der Waals surface area contributed by atoms with Crippen molar-refractivity contribution >= 4 is 27.1 Å². The van der Waals surface area contributed by atoms with Crippen LogP contribution in [0, 0.1) is 17.2 Å². The average Bonchev–Trinajstić information content (AvgIpc) is 3.15. The lowest BCUT2D eigenvalue weighted by molar-refractivity contribution is 0.0879. The molecule has 0 spiro atoms. The summed E-state index contributed by atoms with van der Waals surface area (Å²) in [5.41, 5.74) is 0.147. The van der Waals surface area contributed by atoms with Gasteiger partial charge in [0.2, 0.25) is 10.0 Å². The molecule has 1 fully saturated rings. The molecule has 2 heterocycles. The van der Waals surface area contributed by atoms with Gasteiger partial charge in [-0.15, -0.1) is 11.3 Å². The first-order chi connectivity index (χ1) is 11.5. The van der Waals surface area contributed by atoms with E-state index in [1.807, 2.05) is 17.5 Å². The van der Waals surface area contributed by atoms with Gasteiger partial charge in [-0.2, -0.15) is 9.57 Å². The van der Waals surface area contributed by atoms with E-state index in [0.29, 0.717) is 25.9 Å². The lowest BCUT2D eigenvalue weighted by Crippen LogP contribution is -2.40. The van der Waals surface area contributed by atoms with Crippen LogP contribution in [0.3, 0.4) is 0 Å². The largest absolute Gasteiger partial charge is 0.293 e. The summed E-state index contributed by atoms with van der Waals surface area (Å²) < 4.78 is 26.9. The molecule has 124 valence electrons. The number of Topliss-reactive ketones (excluding diaryl/α,β-unsaturated/α-hetero) is 1. The van der Waals surface area contributed by atoms with E-state index in [9.17, 15) is 13.2 Å². The molecule has 1 saturated heterocycles. The number of hydrogen-bond donors (Lipinski definition) is 0. The zero-order valence-corrected chi connectivity index (χ0v) is 14.5. The molecule has 1 aromatic carbocycles. The quantitative estimate of drug-likeness (QED) is 0.786. The third kappa shape index (κ3) is 3.13. The minimum Gasteiger partial charge on any atom is -0.293 e. The number of nitriles is 1. The maximum absolute atomic E-state index is 12.8. The van der Waals surface area contributed by atoms with Crippen LogP contribution in [0.1, 0.15) is 28.1 Å². The molecule has 0 radical (unpaired) electrons. The van der Waals surface area contributed by atoms with Crippen molar-refractivity contribution in [1.82, 2.24) is 4.31 Å². The molecule has 0 N–H and O–H groups in total. The highest BCUT2D eigenvalue weighted by Gasteiger charge is 2.33. The number of ketones is 1. The number of nitrogens with zero attached hydrogens (tertiary/aromatic N) is 2. The number of rotatable bonds is 4. The van der Waals surface area contributed by atoms with E-state index in [0.717, 1.165) is 4.88 Å². The van der Waals surface area contributed by atoms with E-state index in [4.69, 9.17) is 5.26 Å². The number of sulfonamides is 1. The van der Waals surface area contributed by atoms with Crippen molar-refractivity contribution < 1.29 is 13.2 Å². The van der Waals surface area contributed by atoms with Crippen molar-refractivity contribution in [3.63, 3.8) is 0 Å². The lowest BCUT2D eigenvalue weighted by atomic mass is 9.93. The summed E-state index contributed by atoms with van der Waals surface area (Å²) in [6, 6.07) is 11.8. The van der Waals surface area contributed by atoms with Crippen LogP contribution < -0.4 is 0 Å². The van der Waals surface area contributed by atoms with Gasteiger partial charge in [-0.25, -0.2) is 8.42 Å².